The summed E-state index contributed by atoms with van der Waals surface area (Å²) in [6, 6.07) is 0. The third kappa shape index (κ3) is 1.18. The zero-order valence-corrected chi connectivity index (χ0v) is 8.78. The van der Waals surface area contributed by atoms with Gasteiger partial charge in [-0.05, 0) is 36.7 Å². The molecule has 4 atom stereocenters. The predicted octanol–water partition coefficient (Wildman–Crippen LogP) is 1.85. The van der Waals surface area contributed by atoms with Gasteiger partial charge in [0.05, 0.1) is 6.10 Å². The minimum Gasteiger partial charge on any atom is -0.393 e. The van der Waals surface area contributed by atoms with Gasteiger partial charge in [0, 0.05) is 12.3 Å². The molecule has 0 aromatic rings. The number of hydrogen-bond acceptors (Lipinski definition) is 2. The van der Waals surface area contributed by atoms with Crippen LogP contribution in [0.1, 0.15) is 25.7 Å². The smallest absolute Gasteiger partial charge is 0.155 e. The molecule has 2 bridgehead atoms. The van der Waals surface area contributed by atoms with E-state index in [1.165, 1.54) is 5.57 Å². The fourth-order valence-electron chi connectivity index (χ4n) is 3.75. The van der Waals surface area contributed by atoms with Crippen molar-refractivity contribution in [3.8, 4) is 0 Å². The maximum atomic E-state index is 11.4. The maximum absolute atomic E-state index is 11.4. The molecule has 3 aliphatic carbocycles. The number of rotatable bonds is 0. The summed E-state index contributed by atoms with van der Waals surface area (Å²) in [5.41, 5.74) is 1.34. The van der Waals surface area contributed by atoms with E-state index in [0.29, 0.717) is 12.3 Å². The monoisotopic (exact) mass is 204 g/mol. The Morgan fingerprint density at radius 2 is 2.33 bits per heavy atom. The van der Waals surface area contributed by atoms with Gasteiger partial charge in [-0.2, -0.15) is 0 Å². The molecule has 80 valence electrons. The molecule has 1 spiro atoms. The molecule has 1 N–H and O–H groups in total. The van der Waals surface area contributed by atoms with Crippen LogP contribution in [0.4, 0.5) is 0 Å². The number of aliphatic hydroxyl groups is 1. The second-order valence-corrected chi connectivity index (χ2v) is 5.38. The topological polar surface area (TPSA) is 37.3 Å². The predicted molar refractivity (Wildman–Crippen MR) is 57.2 cm³/mol. The summed E-state index contributed by atoms with van der Waals surface area (Å²) in [4.78, 5) is 11.4. The van der Waals surface area contributed by atoms with Gasteiger partial charge in [0.2, 0.25) is 0 Å². The number of aliphatic hydroxyl groups excluding tert-OH is 1. The number of carbonyl (C=O) groups excluding carboxylic acids is 1. The Morgan fingerprint density at radius 1 is 1.53 bits per heavy atom. The Hall–Kier alpha value is -0.890. The van der Waals surface area contributed by atoms with Crippen LogP contribution < -0.4 is 0 Å². The molecule has 2 heteroatoms. The van der Waals surface area contributed by atoms with E-state index < -0.39 is 0 Å². The van der Waals surface area contributed by atoms with Crippen LogP contribution in [-0.4, -0.2) is 17.0 Å². The van der Waals surface area contributed by atoms with E-state index in [0.717, 1.165) is 19.3 Å². The first-order chi connectivity index (χ1) is 7.11. The molecule has 2 unspecified atom stereocenters. The van der Waals surface area contributed by atoms with E-state index >= 15 is 0 Å². The highest BCUT2D eigenvalue weighted by molar-refractivity contribution is 5.91. The lowest BCUT2D eigenvalue weighted by Crippen LogP contribution is -2.42. The second kappa shape index (κ2) is 2.82. The molecule has 3 aliphatic rings. The van der Waals surface area contributed by atoms with E-state index in [4.69, 9.17) is 0 Å². The number of ketones is 1. The third-order valence-corrected chi connectivity index (χ3v) is 4.51. The summed E-state index contributed by atoms with van der Waals surface area (Å²) in [7, 11) is 0. The summed E-state index contributed by atoms with van der Waals surface area (Å²) in [6.45, 7) is 4.11. The molecule has 0 saturated heterocycles. The van der Waals surface area contributed by atoms with Gasteiger partial charge < -0.3 is 5.11 Å². The van der Waals surface area contributed by atoms with Crippen LogP contribution in [0.2, 0.25) is 0 Å². The van der Waals surface area contributed by atoms with Crippen molar-refractivity contribution in [3.05, 3.63) is 24.3 Å². The van der Waals surface area contributed by atoms with Crippen LogP contribution in [0.5, 0.6) is 0 Å². The van der Waals surface area contributed by atoms with Gasteiger partial charge >= 0.3 is 0 Å². The minimum atomic E-state index is -0.308. The van der Waals surface area contributed by atoms with Crippen LogP contribution in [0.25, 0.3) is 0 Å². The maximum Gasteiger partial charge on any atom is 0.155 e. The van der Waals surface area contributed by atoms with Crippen molar-refractivity contribution in [2.75, 3.05) is 0 Å². The van der Waals surface area contributed by atoms with Crippen LogP contribution in [0.15, 0.2) is 24.3 Å². The second-order valence-electron chi connectivity index (χ2n) is 5.38. The van der Waals surface area contributed by atoms with E-state index in [2.05, 4.69) is 12.7 Å². The van der Waals surface area contributed by atoms with Crippen LogP contribution in [-0.2, 0) is 4.79 Å². The van der Waals surface area contributed by atoms with E-state index in [1.807, 2.05) is 0 Å². The lowest BCUT2D eigenvalue weighted by Gasteiger charge is -2.43. The highest BCUT2D eigenvalue weighted by atomic mass is 16.3. The lowest BCUT2D eigenvalue weighted by atomic mass is 9.62. The first kappa shape index (κ1) is 9.34. The van der Waals surface area contributed by atoms with E-state index in [-0.39, 0.29) is 23.2 Å². The average Bonchev–Trinajstić information content (AvgIpc) is 2.44. The molecule has 3 rings (SSSR count). The Kier molecular flexibility index (Phi) is 1.76. The summed E-state index contributed by atoms with van der Waals surface area (Å²) in [5.74, 6) is 0.792. The van der Waals surface area contributed by atoms with Crippen molar-refractivity contribution >= 4 is 5.78 Å². The largest absolute Gasteiger partial charge is 0.393 e. The zero-order chi connectivity index (χ0) is 10.6. The summed E-state index contributed by atoms with van der Waals surface area (Å²) in [6.07, 6.45) is 6.86. The lowest BCUT2D eigenvalue weighted by molar-refractivity contribution is -0.120. The zero-order valence-electron chi connectivity index (χ0n) is 8.78. The van der Waals surface area contributed by atoms with Gasteiger partial charge in [-0.15, -0.1) is 0 Å². The molecule has 15 heavy (non-hydrogen) atoms. The normalized spacial score (nSPS) is 48.2. The van der Waals surface area contributed by atoms with Crippen LogP contribution in [0.3, 0.4) is 0 Å². The highest BCUT2D eigenvalue weighted by Crippen LogP contribution is 2.59. The highest BCUT2D eigenvalue weighted by Gasteiger charge is 2.53. The molecular weight excluding hydrogens is 188 g/mol. The average molecular weight is 204 g/mol. The fraction of sp³-hybridized carbons (Fsp3) is 0.615. The molecule has 2 fully saturated rings. The third-order valence-electron chi connectivity index (χ3n) is 4.51. The molecule has 2 nitrogen and oxygen atoms in total. The van der Waals surface area contributed by atoms with Gasteiger partial charge in [-0.25, -0.2) is 0 Å². The van der Waals surface area contributed by atoms with E-state index in [9.17, 15) is 9.90 Å². The number of allylic oxidation sites excluding steroid dienone is 3. The van der Waals surface area contributed by atoms with Gasteiger partial charge in [0.25, 0.3) is 0 Å². The molecule has 0 aromatic heterocycles. The molecular formula is C13H16O2. The molecule has 0 aromatic carbocycles. The van der Waals surface area contributed by atoms with Gasteiger partial charge in [-0.1, -0.05) is 18.2 Å². The van der Waals surface area contributed by atoms with Crippen LogP contribution >= 0.6 is 0 Å². The van der Waals surface area contributed by atoms with Crippen LogP contribution in [0, 0.1) is 17.3 Å². The molecule has 0 radical (unpaired) electrons. The molecule has 0 heterocycles. The number of carbonyl (C=O) groups is 1. The molecule has 2 saturated carbocycles. The summed E-state index contributed by atoms with van der Waals surface area (Å²) < 4.78 is 0. The fourth-order valence-corrected chi connectivity index (χ4v) is 3.75. The Labute approximate surface area is 89.7 Å². The Balaban J connectivity index is 2.05. The summed E-state index contributed by atoms with van der Waals surface area (Å²) in [5, 5.41) is 10.1. The van der Waals surface area contributed by atoms with Crippen molar-refractivity contribution in [2.24, 2.45) is 17.3 Å². The SMILES string of the molecule is C=C1C[C@@]23C=CC(=O)C[C@@H]2C(O)CC1C3. The number of hydrogen-bond donors (Lipinski definition) is 1. The van der Waals surface area contributed by atoms with Crippen molar-refractivity contribution < 1.29 is 9.90 Å². The van der Waals surface area contributed by atoms with Crippen molar-refractivity contribution in [3.63, 3.8) is 0 Å². The summed E-state index contributed by atoms with van der Waals surface area (Å²) >= 11 is 0. The first-order valence-corrected chi connectivity index (χ1v) is 5.68. The molecule has 0 amide bonds. The van der Waals surface area contributed by atoms with Gasteiger partial charge in [0.15, 0.2) is 5.78 Å². The van der Waals surface area contributed by atoms with Crippen molar-refractivity contribution in [1.29, 1.82) is 0 Å². The first-order valence-electron chi connectivity index (χ1n) is 5.68. The van der Waals surface area contributed by atoms with Gasteiger partial charge in [-0.3, -0.25) is 4.79 Å². The Bertz CT molecular complexity index is 369. The number of fused-ring (bicyclic) bond motifs is 1. The van der Waals surface area contributed by atoms with Gasteiger partial charge in [0.1, 0.15) is 0 Å². The standard InChI is InChI=1S/C13H16O2/c1-8-6-13-3-2-10(14)5-11(13)12(15)4-9(8)7-13/h2-3,9,11-12,15H,1,4-7H2/t9?,11-,12?,13-/m1/s1. The quantitative estimate of drug-likeness (QED) is 0.611. The Morgan fingerprint density at radius 3 is 3.13 bits per heavy atom. The minimum absolute atomic E-state index is 0.0628. The van der Waals surface area contributed by atoms with Crippen molar-refractivity contribution in [1.82, 2.24) is 0 Å². The van der Waals surface area contributed by atoms with Crippen molar-refractivity contribution in [2.45, 2.75) is 31.8 Å². The molecule has 0 aliphatic heterocycles. The van der Waals surface area contributed by atoms with E-state index in [1.54, 1.807) is 6.08 Å².